The van der Waals surface area contributed by atoms with Crippen molar-refractivity contribution in [1.82, 2.24) is 0 Å². The van der Waals surface area contributed by atoms with Gasteiger partial charge in [0.15, 0.2) is 0 Å². The van der Waals surface area contributed by atoms with E-state index >= 15 is 0 Å². The lowest BCUT2D eigenvalue weighted by Crippen LogP contribution is -2.33. The van der Waals surface area contributed by atoms with Crippen LogP contribution >= 0.6 is 0 Å². The third-order valence-corrected chi connectivity index (χ3v) is 3.65. The molecular weight excluding hydrogens is 236 g/mol. The quantitative estimate of drug-likeness (QED) is 0.857. The minimum atomic E-state index is -0.0777. The molecule has 0 radical (unpaired) electrons. The summed E-state index contributed by atoms with van der Waals surface area (Å²) < 4.78 is 5.35. The van der Waals surface area contributed by atoms with Gasteiger partial charge in [0, 0.05) is 24.8 Å². The van der Waals surface area contributed by atoms with Gasteiger partial charge >= 0.3 is 0 Å². The van der Waals surface area contributed by atoms with Gasteiger partial charge in [0.25, 0.3) is 0 Å². The predicted molar refractivity (Wildman–Crippen MR) is 83.2 cm³/mol. The van der Waals surface area contributed by atoms with Crippen LogP contribution in [-0.4, -0.2) is 26.2 Å². The number of ether oxygens (including phenoxy) is 1. The summed E-state index contributed by atoms with van der Waals surface area (Å²) in [7, 11) is 3.85. The first kappa shape index (κ1) is 15.8. The Morgan fingerprint density at radius 3 is 2.37 bits per heavy atom. The fourth-order valence-electron chi connectivity index (χ4n) is 2.31. The van der Waals surface area contributed by atoms with Crippen LogP contribution in [-0.2, 0) is 0 Å². The number of anilines is 1. The summed E-state index contributed by atoms with van der Waals surface area (Å²) in [5.74, 6) is 0.956. The Bertz CT molecular complexity index is 421. The number of nitrogens with zero attached hydrogens (tertiary/aromatic N) is 1. The summed E-state index contributed by atoms with van der Waals surface area (Å²) >= 11 is 0. The molecule has 108 valence electrons. The average Bonchev–Trinajstić information content (AvgIpc) is 2.30. The molecular formula is C16H28N2O. The van der Waals surface area contributed by atoms with E-state index in [1.54, 1.807) is 7.11 Å². The summed E-state index contributed by atoms with van der Waals surface area (Å²) in [6.07, 6.45) is 2.13. The lowest BCUT2D eigenvalue weighted by Gasteiger charge is -2.25. The van der Waals surface area contributed by atoms with Gasteiger partial charge in [-0.25, -0.2) is 0 Å². The molecule has 3 nitrogen and oxygen atoms in total. The van der Waals surface area contributed by atoms with Crippen molar-refractivity contribution in [3.63, 3.8) is 0 Å². The standard InChI is InChI=1S/C16H28N2O/c1-12-13(2)15(19-6)9-8-14(12)18(5)11-7-10-16(3,4)17/h8-9H,7,10-11,17H2,1-6H3. The van der Waals surface area contributed by atoms with Gasteiger partial charge in [-0.2, -0.15) is 0 Å². The molecule has 0 bridgehead atoms. The second-order valence-corrected chi connectivity index (χ2v) is 6.05. The van der Waals surface area contributed by atoms with Crippen molar-refractivity contribution in [2.24, 2.45) is 5.73 Å². The molecule has 0 aliphatic rings. The van der Waals surface area contributed by atoms with E-state index < -0.39 is 0 Å². The van der Waals surface area contributed by atoms with Crippen LogP contribution in [0.4, 0.5) is 5.69 Å². The molecule has 0 saturated heterocycles. The van der Waals surface area contributed by atoms with Crippen LogP contribution in [0.2, 0.25) is 0 Å². The highest BCUT2D eigenvalue weighted by molar-refractivity contribution is 5.59. The zero-order valence-electron chi connectivity index (χ0n) is 13.2. The average molecular weight is 264 g/mol. The number of nitrogens with two attached hydrogens (primary N) is 1. The molecule has 0 heterocycles. The van der Waals surface area contributed by atoms with E-state index in [0.29, 0.717) is 0 Å². The highest BCUT2D eigenvalue weighted by atomic mass is 16.5. The van der Waals surface area contributed by atoms with Crippen molar-refractivity contribution in [3.8, 4) is 5.75 Å². The first-order valence-electron chi connectivity index (χ1n) is 6.90. The Morgan fingerprint density at radius 2 is 1.84 bits per heavy atom. The SMILES string of the molecule is COc1ccc(N(C)CCCC(C)(C)N)c(C)c1C. The number of rotatable bonds is 6. The van der Waals surface area contributed by atoms with E-state index in [1.165, 1.54) is 16.8 Å². The maximum atomic E-state index is 6.02. The molecule has 0 fully saturated rings. The minimum absolute atomic E-state index is 0.0777. The van der Waals surface area contributed by atoms with Gasteiger partial charge in [0.2, 0.25) is 0 Å². The van der Waals surface area contributed by atoms with Crippen molar-refractivity contribution >= 4 is 5.69 Å². The Labute approximate surface area is 117 Å². The maximum Gasteiger partial charge on any atom is 0.122 e. The monoisotopic (exact) mass is 264 g/mol. The van der Waals surface area contributed by atoms with Gasteiger partial charge in [-0.1, -0.05) is 0 Å². The Balaban J connectivity index is 2.72. The van der Waals surface area contributed by atoms with Crippen LogP contribution in [0, 0.1) is 13.8 Å². The Hall–Kier alpha value is -1.22. The maximum absolute atomic E-state index is 6.02. The van der Waals surface area contributed by atoms with Crippen LogP contribution in [0.3, 0.4) is 0 Å². The normalized spacial score (nSPS) is 11.5. The van der Waals surface area contributed by atoms with Crippen molar-refractivity contribution in [1.29, 1.82) is 0 Å². The lowest BCUT2D eigenvalue weighted by atomic mass is 10.00. The highest BCUT2D eigenvalue weighted by Crippen LogP contribution is 2.29. The molecule has 0 aliphatic carbocycles. The van der Waals surface area contributed by atoms with E-state index in [4.69, 9.17) is 10.5 Å². The topological polar surface area (TPSA) is 38.5 Å². The summed E-state index contributed by atoms with van der Waals surface area (Å²) in [6.45, 7) is 9.43. The van der Waals surface area contributed by atoms with Crippen molar-refractivity contribution in [2.45, 2.75) is 46.1 Å². The summed E-state index contributed by atoms with van der Waals surface area (Å²) in [4.78, 5) is 2.30. The van der Waals surface area contributed by atoms with Crippen molar-refractivity contribution in [2.75, 3.05) is 25.6 Å². The molecule has 0 amide bonds. The molecule has 19 heavy (non-hydrogen) atoms. The summed E-state index contributed by atoms with van der Waals surface area (Å²) in [5.41, 5.74) is 9.71. The molecule has 3 heteroatoms. The third kappa shape index (κ3) is 4.43. The van der Waals surface area contributed by atoms with Crippen LogP contribution in [0.5, 0.6) is 5.75 Å². The third-order valence-electron chi connectivity index (χ3n) is 3.65. The van der Waals surface area contributed by atoms with Gasteiger partial charge in [-0.05, 0) is 63.8 Å². The van der Waals surface area contributed by atoms with Gasteiger partial charge in [0.1, 0.15) is 5.75 Å². The molecule has 0 aromatic heterocycles. The smallest absolute Gasteiger partial charge is 0.122 e. The number of hydrogen-bond acceptors (Lipinski definition) is 3. The van der Waals surface area contributed by atoms with Crippen LogP contribution in [0.1, 0.15) is 37.8 Å². The largest absolute Gasteiger partial charge is 0.496 e. The Morgan fingerprint density at radius 1 is 1.21 bits per heavy atom. The van der Waals surface area contributed by atoms with Crippen LogP contribution in [0.25, 0.3) is 0 Å². The molecule has 2 N–H and O–H groups in total. The molecule has 1 aromatic carbocycles. The number of benzene rings is 1. The van der Waals surface area contributed by atoms with Crippen LogP contribution in [0.15, 0.2) is 12.1 Å². The van der Waals surface area contributed by atoms with Crippen molar-refractivity contribution in [3.05, 3.63) is 23.3 Å². The summed E-state index contributed by atoms with van der Waals surface area (Å²) in [5, 5.41) is 0. The molecule has 0 saturated carbocycles. The van der Waals surface area contributed by atoms with E-state index in [2.05, 4.69) is 45.7 Å². The molecule has 1 aromatic rings. The lowest BCUT2D eigenvalue weighted by molar-refractivity contribution is 0.411. The molecule has 0 aliphatic heterocycles. The second-order valence-electron chi connectivity index (χ2n) is 6.05. The molecule has 1 rings (SSSR count). The number of methoxy groups -OCH3 is 1. The van der Waals surface area contributed by atoms with E-state index in [9.17, 15) is 0 Å². The van der Waals surface area contributed by atoms with E-state index in [0.717, 1.165) is 25.1 Å². The van der Waals surface area contributed by atoms with E-state index in [-0.39, 0.29) is 5.54 Å². The van der Waals surface area contributed by atoms with Crippen LogP contribution < -0.4 is 15.4 Å². The van der Waals surface area contributed by atoms with Gasteiger partial charge < -0.3 is 15.4 Å². The highest BCUT2D eigenvalue weighted by Gasteiger charge is 2.13. The zero-order valence-corrected chi connectivity index (χ0v) is 13.2. The van der Waals surface area contributed by atoms with E-state index in [1.807, 2.05) is 6.07 Å². The predicted octanol–water partition coefficient (Wildman–Crippen LogP) is 3.27. The van der Waals surface area contributed by atoms with Gasteiger partial charge in [-0.3, -0.25) is 0 Å². The summed E-state index contributed by atoms with van der Waals surface area (Å²) in [6, 6.07) is 4.18. The first-order valence-corrected chi connectivity index (χ1v) is 6.90. The fourth-order valence-corrected chi connectivity index (χ4v) is 2.31. The number of hydrogen-bond donors (Lipinski definition) is 1. The zero-order chi connectivity index (χ0) is 14.6. The molecule has 0 unspecified atom stereocenters. The Kier molecular flexibility index (Phi) is 5.24. The molecule has 0 spiro atoms. The van der Waals surface area contributed by atoms with Crippen molar-refractivity contribution < 1.29 is 4.74 Å². The first-order chi connectivity index (χ1) is 8.76. The molecule has 0 atom stereocenters. The van der Waals surface area contributed by atoms with Gasteiger partial charge in [0.05, 0.1) is 7.11 Å². The second kappa shape index (κ2) is 6.29. The fraction of sp³-hybridized carbons (Fsp3) is 0.625. The van der Waals surface area contributed by atoms with Gasteiger partial charge in [-0.15, -0.1) is 0 Å². The minimum Gasteiger partial charge on any atom is -0.496 e.